The molecular weight excluding hydrogens is 357 g/mol. The quantitative estimate of drug-likeness (QED) is 0.646. The first-order valence-electron chi connectivity index (χ1n) is 7.02. The molecule has 1 aromatic rings. The van der Waals surface area contributed by atoms with E-state index in [1.807, 2.05) is 13.8 Å². The normalized spacial score (nSPS) is 17.6. The molecule has 2 rings (SSSR count). The minimum absolute atomic E-state index is 0.126. The van der Waals surface area contributed by atoms with Crippen molar-refractivity contribution in [2.24, 2.45) is 5.73 Å². The van der Waals surface area contributed by atoms with Gasteiger partial charge in [-0.15, -0.1) is 0 Å². The van der Waals surface area contributed by atoms with E-state index in [-0.39, 0.29) is 12.1 Å². The largest absolute Gasteiger partial charge is 0.399 e. The Labute approximate surface area is 146 Å². The second-order valence-corrected chi connectivity index (χ2v) is 6.03. The number of rotatable bonds is 4. The van der Waals surface area contributed by atoms with E-state index in [4.69, 9.17) is 17.3 Å². The summed E-state index contributed by atoms with van der Waals surface area (Å²) in [6, 6.07) is 8.43. The van der Waals surface area contributed by atoms with E-state index < -0.39 is 32.5 Å². The third-order valence-electron chi connectivity index (χ3n) is 2.86. The maximum absolute atomic E-state index is 14.0. The molecule has 0 fully saturated rings. The molecular formula is C15H17ClFN3O3S. The number of nitro groups is 1. The van der Waals surface area contributed by atoms with Crippen LogP contribution in [0.3, 0.4) is 0 Å². The Kier molecular flexibility index (Phi) is 7.60. The summed E-state index contributed by atoms with van der Waals surface area (Å²) in [4.78, 5) is 10.5. The Morgan fingerprint density at radius 1 is 1.42 bits per heavy atom. The molecule has 0 bridgehead atoms. The minimum Gasteiger partial charge on any atom is -0.399 e. The molecule has 130 valence electrons. The topological polar surface area (TPSA) is 89.5 Å². The first-order valence-corrected chi connectivity index (χ1v) is 8.50. The predicted octanol–water partition coefficient (Wildman–Crippen LogP) is 3.43. The number of halogens is 2. The lowest BCUT2D eigenvalue weighted by molar-refractivity contribution is -0.420. The fourth-order valence-electron chi connectivity index (χ4n) is 1.80. The van der Waals surface area contributed by atoms with Gasteiger partial charge in [-0.2, -0.15) is 0 Å². The van der Waals surface area contributed by atoms with Crippen LogP contribution in [0, 0.1) is 10.1 Å². The summed E-state index contributed by atoms with van der Waals surface area (Å²) >= 11 is 5.84. The van der Waals surface area contributed by atoms with Crippen molar-refractivity contribution in [2.45, 2.75) is 18.7 Å². The lowest BCUT2D eigenvalue weighted by Crippen LogP contribution is -2.19. The van der Waals surface area contributed by atoms with Gasteiger partial charge in [0.05, 0.1) is 22.6 Å². The molecule has 1 heterocycles. The lowest BCUT2D eigenvalue weighted by atomic mass is 10.2. The highest BCUT2D eigenvalue weighted by Crippen LogP contribution is 2.32. The highest BCUT2D eigenvalue weighted by molar-refractivity contribution is 7.82. The molecule has 1 unspecified atom stereocenters. The summed E-state index contributed by atoms with van der Waals surface area (Å²) in [6.07, 6.45) is 1.70. The van der Waals surface area contributed by atoms with Gasteiger partial charge in [0, 0.05) is 11.8 Å². The fraction of sp³-hybridized carbons (Fsp3) is 0.200. The van der Waals surface area contributed by atoms with Crippen molar-refractivity contribution >= 4 is 22.6 Å². The van der Waals surface area contributed by atoms with E-state index in [1.165, 1.54) is 4.31 Å². The number of benzene rings is 1. The molecule has 1 aromatic carbocycles. The van der Waals surface area contributed by atoms with Gasteiger partial charge in [0.15, 0.2) is 11.0 Å². The van der Waals surface area contributed by atoms with Crippen molar-refractivity contribution in [3.63, 3.8) is 0 Å². The molecule has 0 aliphatic carbocycles. The maximum atomic E-state index is 14.0. The van der Waals surface area contributed by atoms with Crippen LogP contribution in [0.1, 0.15) is 13.8 Å². The summed E-state index contributed by atoms with van der Waals surface area (Å²) in [5.41, 5.74) is 4.41. The summed E-state index contributed by atoms with van der Waals surface area (Å²) in [5, 5.41) is 10.4. The molecule has 0 aromatic heterocycles. The smallest absolute Gasteiger partial charge is 0.303 e. The molecule has 9 heteroatoms. The standard InChI is InChI=1S/C13H11ClFN3O3S.C2H6/c14-13(12(6-16)18(19)20)10-7-17(8-11(10)15)22(21)9-4-2-1-3-5-9;1-2/h1-6,8H,7,16H2;1-2H3/b12-6+,13-10-;. The fourth-order valence-corrected chi connectivity index (χ4v) is 3.18. The SMILES string of the molecule is CC.N/C=C(\C(Cl)=C1/CN(S(=O)c2ccccc2)C=C1F)[N+](=O)[O-]. The zero-order valence-electron chi connectivity index (χ0n) is 13.1. The Morgan fingerprint density at radius 3 is 2.50 bits per heavy atom. The van der Waals surface area contributed by atoms with E-state index in [0.717, 1.165) is 6.20 Å². The zero-order chi connectivity index (χ0) is 18.3. The molecule has 0 saturated heterocycles. The molecule has 6 nitrogen and oxygen atoms in total. The molecule has 0 saturated carbocycles. The van der Waals surface area contributed by atoms with Crippen LogP contribution in [-0.4, -0.2) is 20.0 Å². The summed E-state index contributed by atoms with van der Waals surface area (Å²) < 4.78 is 27.5. The van der Waals surface area contributed by atoms with E-state index in [2.05, 4.69) is 0 Å². The minimum atomic E-state index is -1.64. The van der Waals surface area contributed by atoms with Crippen LogP contribution in [0.25, 0.3) is 0 Å². The van der Waals surface area contributed by atoms with Crippen LogP contribution in [0.2, 0.25) is 0 Å². The van der Waals surface area contributed by atoms with Crippen molar-refractivity contribution in [1.29, 1.82) is 0 Å². The van der Waals surface area contributed by atoms with Gasteiger partial charge in [-0.1, -0.05) is 43.6 Å². The van der Waals surface area contributed by atoms with E-state index in [1.54, 1.807) is 30.3 Å². The van der Waals surface area contributed by atoms with Gasteiger partial charge in [0.1, 0.15) is 10.9 Å². The van der Waals surface area contributed by atoms with Crippen LogP contribution in [0.15, 0.2) is 69.8 Å². The van der Waals surface area contributed by atoms with Gasteiger partial charge in [-0.05, 0) is 12.1 Å². The van der Waals surface area contributed by atoms with Gasteiger partial charge in [-0.3, -0.25) is 14.4 Å². The molecule has 2 N–H and O–H groups in total. The van der Waals surface area contributed by atoms with Crippen LogP contribution in [0.4, 0.5) is 4.39 Å². The highest BCUT2D eigenvalue weighted by Gasteiger charge is 2.29. The van der Waals surface area contributed by atoms with Gasteiger partial charge < -0.3 is 5.73 Å². The van der Waals surface area contributed by atoms with Gasteiger partial charge in [-0.25, -0.2) is 8.60 Å². The Morgan fingerprint density at radius 2 is 2.00 bits per heavy atom. The summed E-state index contributed by atoms with van der Waals surface area (Å²) in [6.45, 7) is 3.84. The number of nitrogens with two attached hydrogens (primary N) is 1. The van der Waals surface area contributed by atoms with Crippen molar-refractivity contribution < 1.29 is 13.5 Å². The second kappa shape index (κ2) is 9.19. The monoisotopic (exact) mass is 373 g/mol. The van der Waals surface area contributed by atoms with Crippen LogP contribution in [-0.2, 0) is 11.0 Å². The highest BCUT2D eigenvalue weighted by atomic mass is 35.5. The van der Waals surface area contributed by atoms with Crippen LogP contribution >= 0.6 is 11.6 Å². The number of hydrogen-bond acceptors (Lipinski definition) is 4. The second-order valence-electron chi connectivity index (χ2n) is 4.22. The first kappa shape index (κ1) is 19.9. The first-order chi connectivity index (χ1) is 11.5. The van der Waals surface area contributed by atoms with Crippen LogP contribution in [0.5, 0.6) is 0 Å². The molecule has 1 aliphatic rings. The zero-order valence-corrected chi connectivity index (χ0v) is 14.7. The molecule has 1 atom stereocenters. The average Bonchev–Trinajstić information content (AvgIpc) is 2.98. The average molecular weight is 374 g/mol. The Balaban J connectivity index is 0.00000139. The van der Waals surface area contributed by atoms with Gasteiger partial charge >= 0.3 is 5.70 Å². The van der Waals surface area contributed by atoms with Crippen molar-refractivity contribution in [3.8, 4) is 0 Å². The van der Waals surface area contributed by atoms with Gasteiger partial charge in [0.25, 0.3) is 0 Å². The third-order valence-corrected chi connectivity index (χ3v) is 4.62. The number of hydrogen-bond donors (Lipinski definition) is 1. The molecule has 24 heavy (non-hydrogen) atoms. The Hall–Kier alpha value is -2.19. The molecule has 0 spiro atoms. The van der Waals surface area contributed by atoms with E-state index in [0.29, 0.717) is 11.1 Å². The Bertz CT molecular complexity index is 720. The summed E-state index contributed by atoms with van der Waals surface area (Å²) in [5.74, 6) is -0.782. The molecule has 0 amide bonds. The summed E-state index contributed by atoms with van der Waals surface area (Å²) in [7, 11) is -1.64. The van der Waals surface area contributed by atoms with Crippen molar-refractivity contribution in [3.05, 3.63) is 75.0 Å². The van der Waals surface area contributed by atoms with E-state index in [9.17, 15) is 18.7 Å². The van der Waals surface area contributed by atoms with Crippen molar-refractivity contribution in [1.82, 2.24) is 4.31 Å². The maximum Gasteiger partial charge on any atom is 0.303 e. The molecule has 0 radical (unpaired) electrons. The van der Waals surface area contributed by atoms with Crippen molar-refractivity contribution in [2.75, 3.05) is 6.54 Å². The molecule has 1 aliphatic heterocycles. The van der Waals surface area contributed by atoms with Gasteiger partial charge in [0.2, 0.25) is 0 Å². The number of allylic oxidation sites excluding steroid dienone is 1. The van der Waals surface area contributed by atoms with Crippen LogP contribution < -0.4 is 5.73 Å². The lowest BCUT2D eigenvalue weighted by Gasteiger charge is -2.14. The number of nitrogens with zero attached hydrogens (tertiary/aromatic N) is 2. The predicted molar refractivity (Wildman–Crippen MR) is 92.2 cm³/mol. The third kappa shape index (κ3) is 4.42. The van der Waals surface area contributed by atoms with E-state index >= 15 is 0 Å².